The summed E-state index contributed by atoms with van der Waals surface area (Å²) in [4.78, 5) is 0. The first-order chi connectivity index (χ1) is 5.20. The second-order valence-corrected chi connectivity index (χ2v) is 2.65. The van der Waals surface area contributed by atoms with Crippen LogP contribution in [0.4, 0.5) is 0 Å². The molecule has 4 nitrogen and oxygen atoms in total. The van der Waals surface area contributed by atoms with Crippen LogP contribution in [0.3, 0.4) is 0 Å². The van der Waals surface area contributed by atoms with Crippen LogP contribution in [0, 0.1) is 0 Å². The fourth-order valence-corrected chi connectivity index (χ4v) is 0.817. The van der Waals surface area contributed by atoms with Crippen LogP contribution in [0.1, 0.15) is 26.7 Å². The zero-order valence-electron chi connectivity index (χ0n) is 7.17. The predicted molar refractivity (Wildman–Crippen MR) is 45.8 cm³/mol. The minimum Gasteiger partial charge on any atom is -0.409 e. The van der Waals surface area contributed by atoms with Crippen LogP contribution in [0.15, 0.2) is 5.16 Å². The Morgan fingerprint density at radius 1 is 1.73 bits per heavy atom. The van der Waals surface area contributed by atoms with Gasteiger partial charge in [0.25, 0.3) is 0 Å². The normalized spacial score (nSPS) is 14.9. The van der Waals surface area contributed by atoms with Crippen LogP contribution in [0.5, 0.6) is 0 Å². The fraction of sp³-hybridized carbons (Fsp3) is 0.857. The van der Waals surface area contributed by atoms with Gasteiger partial charge in [0.05, 0.1) is 0 Å². The number of nitrogens with one attached hydrogen (secondary N) is 1. The van der Waals surface area contributed by atoms with Crippen LogP contribution in [0.2, 0.25) is 0 Å². The highest BCUT2D eigenvalue weighted by atomic mass is 16.4. The largest absolute Gasteiger partial charge is 0.409 e. The SMILES string of the molecule is CCCNC(C)CC(N)=NO. The third-order valence-electron chi connectivity index (χ3n) is 1.39. The number of nitrogens with zero attached hydrogens (tertiary/aromatic N) is 1. The summed E-state index contributed by atoms with van der Waals surface area (Å²) in [6.07, 6.45) is 1.69. The van der Waals surface area contributed by atoms with E-state index in [4.69, 9.17) is 10.9 Å². The predicted octanol–water partition coefficient (Wildman–Crippen LogP) is 0.511. The Bertz CT molecular complexity index is 125. The molecule has 0 aromatic heterocycles. The molecule has 0 aromatic carbocycles. The number of nitrogens with two attached hydrogens (primary N) is 1. The Morgan fingerprint density at radius 3 is 2.82 bits per heavy atom. The maximum atomic E-state index is 8.24. The minimum atomic E-state index is 0.279. The van der Waals surface area contributed by atoms with Gasteiger partial charge in [-0.15, -0.1) is 0 Å². The summed E-state index contributed by atoms with van der Waals surface area (Å²) in [6, 6.07) is 0.283. The van der Waals surface area contributed by atoms with Gasteiger partial charge in [-0.1, -0.05) is 12.1 Å². The lowest BCUT2D eigenvalue weighted by molar-refractivity contribution is 0.316. The van der Waals surface area contributed by atoms with Gasteiger partial charge in [-0.25, -0.2) is 0 Å². The van der Waals surface area contributed by atoms with Crippen molar-refractivity contribution in [3.05, 3.63) is 0 Å². The molecule has 11 heavy (non-hydrogen) atoms. The molecule has 1 atom stereocenters. The van der Waals surface area contributed by atoms with Crippen molar-refractivity contribution in [1.82, 2.24) is 5.32 Å². The van der Waals surface area contributed by atoms with Gasteiger partial charge in [-0.05, 0) is 19.9 Å². The minimum absolute atomic E-state index is 0.279. The summed E-state index contributed by atoms with van der Waals surface area (Å²) in [7, 11) is 0. The summed E-state index contributed by atoms with van der Waals surface area (Å²) < 4.78 is 0. The van der Waals surface area contributed by atoms with Crippen LogP contribution >= 0.6 is 0 Å². The van der Waals surface area contributed by atoms with E-state index in [1.165, 1.54) is 0 Å². The summed E-state index contributed by atoms with van der Waals surface area (Å²) in [5.74, 6) is 0.279. The van der Waals surface area contributed by atoms with Crippen LogP contribution in [-0.2, 0) is 0 Å². The molecule has 4 N–H and O–H groups in total. The van der Waals surface area contributed by atoms with Crippen LogP contribution in [0.25, 0.3) is 0 Å². The number of hydrogen-bond donors (Lipinski definition) is 3. The molecule has 0 aromatic rings. The lowest BCUT2D eigenvalue weighted by Gasteiger charge is -2.10. The quantitative estimate of drug-likeness (QED) is 0.237. The van der Waals surface area contributed by atoms with Crippen molar-refractivity contribution in [2.45, 2.75) is 32.7 Å². The maximum Gasteiger partial charge on any atom is 0.140 e. The molecule has 0 rings (SSSR count). The Labute approximate surface area is 67.5 Å². The van der Waals surface area contributed by atoms with E-state index in [2.05, 4.69) is 17.4 Å². The average molecular weight is 159 g/mol. The van der Waals surface area contributed by atoms with Gasteiger partial charge in [-0.2, -0.15) is 0 Å². The molecule has 66 valence electrons. The third-order valence-corrected chi connectivity index (χ3v) is 1.39. The van der Waals surface area contributed by atoms with Gasteiger partial charge in [0, 0.05) is 12.5 Å². The van der Waals surface area contributed by atoms with Crippen molar-refractivity contribution < 1.29 is 5.21 Å². The molecule has 0 aliphatic carbocycles. The lowest BCUT2D eigenvalue weighted by atomic mass is 10.2. The molecular formula is C7H17N3O. The van der Waals surface area contributed by atoms with Crippen molar-refractivity contribution in [3.63, 3.8) is 0 Å². The number of hydrogen-bond acceptors (Lipinski definition) is 3. The van der Waals surface area contributed by atoms with Gasteiger partial charge < -0.3 is 16.3 Å². The zero-order chi connectivity index (χ0) is 8.69. The van der Waals surface area contributed by atoms with E-state index in [9.17, 15) is 0 Å². The zero-order valence-corrected chi connectivity index (χ0v) is 7.17. The van der Waals surface area contributed by atoms with Crippen LogP contribution in [-0.4, -0.2) is 23.6 Å². The van der Waals surface area contributed by atoms with E-state index < -0.39 is 0 Å². The molecule has 4 heteroatoms. The molecule has 0 bridgehead atoms. The van der Waals surface area contributed by atoms with E-state index in [1.54, 1.807) is 0 Å². The molecule has 0 saturated carbocycles. The highest BCUT2D eigenvalue weighted by Crippen LogP contribution is 1.89. The van der Waals surface area contributed by atoms with E-state index in [0.717, 1.165) is 13.0 Å². The van der Waals surface area contributed by atoms with Gasteiger partial charge in [0.1, 0.15) is 5.84 Å². The molecular weight excluding hydrogens is 142 g/mol. The van der Waals surface area contributed by atoms with E-state index in [1.807, 2.05) is 6.92 Å². The average Bonchev–Trinajstić information content (AvgIpc) is 2.00. The molecule has 0 radical (unpaired) electrons. The Kier molecular flexibility index (Phi) is 5.56. The highest BCUT2D eigenvalue weighted by molar-refractivity contribution is 5.80. The van der Waals surface area contributed by atoms with Crippen molar-refractivity contribution in [2.75, 3.05) is 6.54 Å². The summed E-state index contributed by atoms with van der Waals surface area (Å²) in [5, 5.41) is 14.4. The highest BCUT2D eigenvalue weighted by Gasteiger charge is 2.02. The molecule has 0 heterocycles. The Balaban J connectivity index is 3.43. The van der Waals surface area contributed by atoms with E-state index in [0.29, 0.717) is 6.42 Å². The maximum absolute atomic E-state index is 8.24. The number of amidine groups is 1. The summed E-state index contributed by atoms with van der Waals surface area (Å²) in [5.41, 5.74) is 5.31. The summed E-state index contributed by atoms with van der Waals surface area (Å²) >= 11 is 0. The van der Waals surface area contributed by atoms with Crippen molar-refractivity contribution >= 4 is 5.84 Å². The molecule has 0 spiro atoms. The first-order valence-corrected chi connectivity index (χ1v) is 3.90. The number of oxime groups is 1. The number of rotatable bonds is 5. The molecule has 0 fully saturated rings. The molecule has 0 aliphatic rings. The molecule has 1 unspecified atom stereocenters. The molecule has 0 aliphatic heterocycles. The van der Waals surface area contributed by atoms with Crippen LogP contribution < -0.4 is 11.1 Å². The standard InChI is InChI=1S/C7H17N3O/c1-3-4-9-6(2)5-7(8)10-11/h6,9,11H,3-5H2,1-2H3,(H2,8,10). The van der Waals surface area contributed by atoms with Gasteiger partial charge in [0.15, 0.2) is 0 Å². The second-order valence-electron chi connectivity index (χ2n) is 2.65. The Hall–Kier alpha value is -0.770. The van der Waals surface area contributed by atoms with Crippen molar-refractivity contribution in [1.29, 1.82) is 0 Å². The topological polar surface area (TPSA) is 70.6 Å². The summed E-state index contributed by atoms with van der Waals surface area (Å²) in [6.45, 7) is 5.08. The monoisotopic (exact) mass is 159 g/mol. The molecule has 0 amide bonds. The van der Waals surface area contributed by atoms with Gasteiger partial charge in [-0.3, -0.25) is 0 Å². The van der Waals surface area contributed by atoms with Gasteiger partial charge >= 0.3 is 0 Å². The van der Waals surface area contributed by atoms with E-state index in [-0.39, 0.29) is 11.9 Å². The second kappa shape index (κ2) is 5.97. The fourth-order valence-electron chi connectivity index (χ4n) is 0.817. The first kappa shape index (κ1) is 10.2. The van der Waals surface area contributed by atoms with Crippen molar-refractivity contribution in [2.24, 2.45) is 10.9 Å². The molecule has 0 saturated heterocycles. The lowest BCUT2D eigenvalue weighted by Crippen LogP contribution is -2.31. The van der Waals surface area contributed by atoms with Gasteiger partial charge in [0.2, 0.25) is 0 Å². The van der Waals surface area contributed by atoms with Crippen molar-refractivity contribution in [3.8, 4) is 0 Å². The first-order valence-electron chi connectivity index (χ1n) is 3.90. The smallest absolute Gasteiger partial charge is 0.140 e. The Morgan fingerprint density at radius 2 is 2.36 bits per heavy atom. The third kappa shape index (κ3) is 5.66. The van der Waals surface area contributed by atoms with E-state index >= 15 is 0 Å².